The molecule has 0 amide bonds. The van der Waals surface area contributed by atoms with E-state index in [0.717, 1.165) is 10.8 Å². The summed E-state index contributed by atoms with van der Waals surface area (Å²) in [6.45, 7) is 2.61. The van der Waals surface area contributed by atoms with Crippen molar-refractivity contribution >= 4 is 0 Å². The lowest BCUT2D eigenvalue weighted by Crippen LogP contribution is -2.34. The van der Waals surface area contributed by atoms with Gasteiger partial charge in [0.1, 0.15) is 0 Å². The molecule has 0 aromatic rings. The molecule has 1 aliphatic heterocycles. The van der Waals surface area contributed by atoms with Gasteiger partial charge in [-0.3, -0.25) is 0 Å². The number of hydrogen-bond donors (Lipinski definition) is 1. The summed E-state index contributed by atoms with van der Waals surface area (Å²) in [5, 5.41) is 3.56. The van der Waals surface area contributed by atoms with Gasteiger partial charge in [0.25, 0.3) is 0 Å². The summed E-state index contributed by atoms with van der Waals surface area (Å²) in [7, 11) is 0. The van der Waals surface area contributed by atoms with E-state index in [4.69, 9.17) is 0 Å². The van der Waals surface area contributed by atoms with E-state index in [1.54, 1.807) is 25.7 Å². The van der Waals surface area contributed by atoms with Crippen LogP contribution in [0.4, 0.5) is 0 Å². The van der Waals surface area contributed by atoms with Crippen LogP contribution in [-0.2, 0) is 0 Å². The third-order valence-corrected chi connectivity index (χ3v) is 5.37. The summed E-state index contributed by atoms with van der Waals surface area (Å²) in [5.74, 6) is 0. The van der Waals surface area contributed by atoms with Gasteiger partial charge in [-0.2, -0.15) is 0 Å². The molecule has 1 nitrogen and oxygen atoms in total. The maximum Gasteiger partial charge on any atom is 0.000829 e. The van der Waals surface area contributed by atoms with Gasteiger partial charge in [-0.1, -0.05) is 12.8 Å². The summed E-state index contributed by atoms with van der Waals surface area (Å²) < 4.78 is 0. The van der Waals surface area contributed by atoms with Gasteiger partial charge < -0.3 is 5.32 Å². The van der Waals surface area contributed by atoms with Crippen LogP contribution in [0.2, 0.25) is 0 Å². The average molecular weight is 193 g/mol. The molecule has 0 bridgehead atoms. The van der Waals surface area contributed by atoms with Crippen molar-refractivity contribution in [2.24, 2.45) is 10.8 Å². The molecule has 1 heterocycles. The summed E-state index contributed by atoms with van der Waals surface area (Å²) in [5.41, 5.74) is 1.57. The molecule has 80 valence electrons. The Morgan fingerprint density at radius 2 is 1.29 bits per heavy atom. The van der Waals surface area contributed by atoms with Gasteiger partial charge in [0.05, 0.1) is 0 Å². The Kier molecular flexibility index (Phi) is 2.12. The predicted molar refractivity (Wildman–Crippen MR) is 59.3 cm³/mol. The molecule has 3 aliphatic rings. The van der Waals surface area contributed by atoms with E-state index in [1.807, 2.05) is 0 Å². The SMILES string of the molecule is C1CCC2(C1)CCC1(CCNC1)CC2. The van der Waals surface area contributed by atoms with Gasteiger partial charge in [0, 0.05) is 6.54 Å². The molecule has 2 spiro atoms. The third-order valence-electron chi connectivity index (χ3n) is 5.37. The third kappa shape index (κ3) is 1.41. The summed E-state index contributed by atoms with van der Waals surface area (Å²) in [6.07, 6.45) is 13.8. The number of hydrogen-bond acceptors (Lipinski definition) is 1. The van der Waals surface area contributed by atoms with Crippen molar-refractivity contribution in [3.8, 4) is 0 Å². The van der Waals surface area contributed by atoms with Crippen LogP contribution in [0.25, 0.3) is 0 Å². The highest BCUT2D eigenvalue weighted by molar-refractivity contribution is 4.98. The highest BCUT2D eigenvalue weighted by atomic mass is 14.9. The molecule has 0 aromatic carbocycles. The lowest BCUT2D eigenvalue weighted by molar-refractivity contribution is 0.0944. The minimum absolute atomic E-state index is 0.744. The monoisotopic (exact) mass is 193 g/mol. The maximum absolute atomic E-state index is 3.56. The molecular formula is C13H23N. The highest BCUT2D eigenvalue weighted by Gasteiger charge is 2.44. The molecular weight excluding hydrogens is 170 g/mol. The second-order valence-electron chi connectivity index (χ2n) is 6.13. The van der Waals surface area contributed by atoms with Gasteiger partial charge >= 0.3 is 0 Å². The fourth-order valence-corrected chi connectivity index (χ4v) is 4.16. The average Bonchev–Trinajstić information content (AvgIpc) is 2.81. The van der Waals surface area contributed by atoms with Gasteiger partial charge in [0.15, 0.2) is 0 Å². The van der Waals surface area contributed by atoms with Crippen LogP contribution < -0.4 is 5.32 Å². The van der Waals surface area contributed by atoms with E-state index in [2.05, 4.69) is 5.32 Å². The fraction of sp³-hybridized carbons (Fsp3) is 1.00. The van der Waals surface area contributed by atoms with Gasteiger partial charge in [-0.25, -0.2) is 0 Å². The normalized spacial score (nSPS) is 34.3. The zero-order valence-electron chi connectivity index (χ0n) is 9.28. The van der Waals surface area contributed by atoms with Crippen LogP contribution >= 0.6 is 0 Å². The van der Waals surface area contributed by atoms with Gasteiger partial charge in [-0.05, 0) is 62.3 Å². The molecule has 14 heavy (non-hydrogen) atoms. The zero-order valence-corrected chi connectivity index (χ0v) is 9.28. The van der Waals surface area contributed by atoms with E-state index in [-0.39, 0.29) is 0 Å². The number of rotatable bonds is 0. The van der Waals surface area contributed by atoms with Crippen molar-refractivity contribution in [1.29, 1.82) is 0 Å². The van der Waals surface area contributed by atoms with Crippen LogP contribution in [0.1, 0.15) is 57.8 Å². The van der Waals surface area contributed by atoms with Crippen LogP contribution in [0.5, 0.6) is 0 Å². The van der Waals surface area contributed by atoms with Crippen LogP contribution in [0.3, 0.4) is 0 Å². The molecule has 1 saturated heterocycles. The van der Waals surface area contributed by atoms with Crippen LogP contribution in [0.15, 0.2) is 0 Å². The van der Waals surface area contributed by atoms with E-state index in [1.165, 1.54) is 45.2 Å². The van der Waals surface area contributed by atoms with Crippen molar-refractivity contribution in [2.45, 2.75) is 57.8 Å². The molecule has 0 unspecified atom stereocenters. The Hall–Kier alpha value is -0.0400. The van der Waals surface area contributed by atoms with Crippen molar-refractivity contribution < 1.29 is 0 Å². The summed E-state index contributed by atoms with van der Waals surface area (Å²) >= 11 is 0. The standard InChI is InChI=1S/C13H23N/c1-2-4-12(3-1)5-7-13(8-6-12)9-10-14-11-13/h14H,1-11H2. The Morgan fingerprint density at radius 1 is 0.643 bits per heavy atom. The molecule has 0 radical (unpaired) electrons. The zero-order chi connectivity index (χ0) is 9.49. The predicted octanol–water partition coefficient (Wildman–Crippen LogP) is 3.10. The molecule has 0 atom stereocenters. The molecule has 2 saturated carbocycles. The summed E-state index contributed by atoms with van der Waals surface area (Å²) in [6, 6.07) is 0. The van der Waals surface area contributed by atoms with Crippen LogP contribution in [-0.4, -0.2) is 13.1 Å². The van der Waals surface area contributed by atoms with Crippen molar-refractivity contribution in [3.05, 3.63) is 0 Å². The van der Waals surface area contributed by atoms with Crippen LogP contribution in [0, 0.1) is 10.8 Å². The Bertz CT molecular complexity index is 173. The first-order chi connectivity index (χ1) is 6.83. The molecule has 1 N–H and O–H groups in total. The van der Waals surface area contributed by atoms with E-state index >= 15 is 0 Å². The van der Waals surface area contributed by atoms with Gasteiger partial charge in [-0.15, -0.1) is 0 Å². The highest BCUT2D eigenvalue weighted by Crippen LogP contribution is 2.55. The molecule has 3 fully saturated rings. The lowest BCUT2D eigenvalue weighted by atomic mass is 9.62. The Balaban J connectivity index is 1.66. The minimum atomic E-state index is 0.744. The topological polar surface area (TPSA) is 12.0 Å². The van der Waals surface area contributed by atoms with Gasteiger partial charge in [0.2, 0.25) is 0 Å². The molecule has 2 aliphatic carbocycles. The second-order valence-corrected chi connectivity index (χ2v) is 6.13. The largest absolute Gasteiger partial charge is 0.316 e. The Morgan fingerprint density at radius 3 is 1.86 bits per heavy atom. The molecule has 3 rings (SSSR count). The fourth-order valence-electron chi connectivity index (χ4n) is 4.16. The van der Waals surface area contributed by atoms with Crippen molar-refractivity contribution in [1.82, 2.24) is 5.32 Å². The minimum Gasteiger partial charge on any atom is -0.316 e. The maximum atomic E-state index is 3.56. The molecule has 1 heteroatoms. The lowest BCUT2D eigenvalue weighted by Gasteiger charge is -2.43. The van der Waals surface area contributed by atoms with Crippen molar-refractivity contribution in [2.75, 3.05) is 13.1 Å². The van der Waals surface area contributed by atoms with Crippen molar-refractivity contribution in [3.63, 3.8) is 0 Å². The van der Waals surface area contributed by atoms with E-state index < -0.39 is 0 Å². The quantitative estimate of drug-likeness (QED) is 0.623. The Labute approximate surface area is 87.7 Å². The smallest absolute Gasteiger partial charge is 0.000829 e. The first-order valence-electron chi connectivity index (χ1n) is 6.54. The van der Waals surface area contributed by atoms with E-state index in [9.17, 15) is 0 Å². The summed E-state index contributed by atoms with van der Waals surface area (Å²) in [4.78, 5) is 0. The van der Waals surface area contributed by atoms with E-state index in [0.29, 0.717) is 0 Å². The first kappa shape index (κ1) is 9.21. The first-order valence-corrected chi connectivity index (χ1v) is 6.54. The molecule has 0 aromatic heterocycles. The number of nitrogens with one attached hydrogen (secondary N) is 1. The second kappa shape index (κ2) is 3.23.